The molecule has 1 aromatic rings. The molecule has 0 saturated carbocycles. The molecule has 1 heterocycles. The minimum absolute atomic E-state index is 0.0150. The zero-order valence-corrected chi connectivity index (χ0v) is 8.11. The van der Waals surface area contributed by atoms with E-state index in [0.29, 0.717) is 0 Å². The van der Waals surface area contributed by atoms with Gasteiger partial charge in [-0.25, -0.2) is 4.79 Å². The van der Waals surface area contributed by atoms with Gasteiger partial charge < -0.3 is 20.0 Å². The molecule has 0 aliphatic rings. The lowest BCUT2D eigenvalue weighted by Crippen LogP contribution is -2.30. The van der Waals surface area contributed by atoms with Gasteiger partial charge in [0.25, 0.3) is 0 Å². The summed E-state index contributed by atoms with van der Waals surface area (Å²) in [5.74, 6) is -0.277. The predicted octanol–water partition coefficient (Wildman–Crippen LogP) is 0.232. The molecule has 1 rings (SSSR count). The number of hydrogen-bond acceptors (Lipinski definition) is 5. The van der Waals surface area contributed by atoms with E-state index < -0.39 is 11.6 Å². The molecule has 0 spiro atoms. The van der Waals surface area contributed by atoms with Crippen molar-refractivity contribution in [1.29, 1.82) is 0 Å². The third-order valence-electron chi connectivity index (χ3n) is 1.92. The minimum Gasteiger partial charge on any atom is -0.463 e. The molecule has 0 amide bonds. The summed E-state index contributed by atoms with van der Waals surface area (Å²) >= 11 is 0. The minimum atomic E-state index is -1.26. The fourth-order valence-electron chi connectivity index (χ4n) is 0.938. The second kappa shape index (κ2) is 3.81. The van der Waals surface area contributed by atoms with E-state index >= 15 is 0 Å². The van der Waals surface area contributed by atoms with E-state index in [4.69, 9.17) is 10.2 Å². The summed E-state index contributed by atoms with van der Waals surface area (Å²) in [6.45, 7) is 1.52. The summed E-state index contributed by atoms with van der Waals surface area (Å²) < 4.78 is 9.54. The molecule has 0 fully saturated rings. The molecule has 0 aliphatic heterocycles. The highest BCUT2D eigenvalue weighted by molar-refractivity contribution is 5.86. The van der Waals surface area contributed by atoms with Crippen LogP contribution in [0.25, 0.3) is 0 Å². The number of aliphatic hydroxyl groups is 1. The van der Waals surface area contributed by atoms with Gasteiger partial charge in [-0.05, 0) is 19.1 Å². The van der Waals surface area contributed by atoms with E-state index in [1.165, 1.54) is 26.2 Å². The van der Waals surface area contributed by atoms with Crippen molar-refractivity contribution in [1.82, 2.24) is 0 Å². The highest BCUT2D eigenvalue weighted by Crippen LogP contribution is 2.21. The van der Waals surface area contributed by atoms with Crippen LogP contribution in [0.15, 0.2) is 16.5 Å². The Labute approximate surface area is 81.5 Å². The second-order valence-electron chi connectivity index (χ2n) is 3.13. The molecule has 0 aromatic carbocycles. The lowest BCUT2D eigenvalue weighted by molar-refractivity contribution is 0.0379. The average molecular weight is 199 g/mol. The monoisotopic (exact) mass is 199 g/mol. The Morgan fingerprint density at radius 3 is 2.86 bits per heavy atom. The number of carbonyl (C=O) groups is 1. The zero-order chi connectivity index (χ0) is 10.8. The summed E-state index contributed by atoms with van der Waals surface area (Å²) in [6.07, 6.45) is 0. The molecule has 0 aliphatic carbocycles. The van der Waals surface area contributed by atoms with Gasteiger partial charge in [0.05, 0.1) is 7.11 Å². The van der Waals surface area contributed by atoms with Crippen LogP contribution < -0.4 is 5.73 Å². The van der Waals surface area contributed by atoms with Gasteiger partial charge in [0.2, 0.25) is 5.76 Å². The number of methoxy groups -OCH3 is 1. The van der Waals surface area contributed by atoms with Gasteiger partial charge in [-0.3, -0.25) is 0 Å². The number of esters is 1. The first-order valence-electron chi connectivity index (χ1n) is 4.12. The van der Waals surface area contributed by atoms with Crippen molar-refractivity contribution >= 4 is 5.97 Å². The van der Waals surface area contributed by atoms with E-state index in [-0.39, 0.29) is 18.1 Å². The summed E-state index contributed by atoms with van der Waals surface area (Å²) in [5, 5.41) is 9.69. The van der Waals surface area contributed by atoms with Crippen LogP contribution >= 0.6 is 0 Å². The molecular weight excluding hydrogens is 186 g/mol. The Kier molecular flexibility index (Phi) is 2.93. The van der Waals surface area contributed by atoms with E-state index in [1.807, 2.05) is 0 Å². The van der Waals surface area contributed by atoms with Gasteiger partial charge in [-0.1, -0.05) is 0 Å². The lowest BCUT2D eigenvalue weighted by atomic mass is 10.1. The molecule has 3 N–H and O–H groups in total. The largest absolute Gasteiger partial charge is 0.463 e. The third-order valence-corrected chi connectivity index (χ3v) is 1.92. The maximum Gasteiger partial charge on any atom is 0.373 e. The SMILES string of the molecule is COC(=O)c1ccc(C(C)(O)CN)o1. The molecular formula is C9H13NO4. The average Bonchev–Trinajstić information content (AvgIpc) is 2.66. The number of furan rings is 1. The van der Waals surface area contributed by atoms with Gasteiger partial charge in [0.15, 0.2) is 0 Å². The smallest absolute Gasteiger partial charge is 0.373 e. The third kappa shape index (κ3) is 1.94. The zero-order valence-electron chi connectivity index (χ0n) is 8.11. The molecule has 0 saturated heterocycles. The molecule has 1 aromatic heterocycles. The van der Waals surface area contributed by atoms with Crippen molar-refractivity contribution < 1.29 is 19.1 Å². The van der Waals surface area contributed by atoms with E-state index in [2.05, 4.69) is 4.74 Å². The fraction of sp³-hybridized carbons (Fsp3) is 0.444. The van der Waals surface area contributed by atoms with Crippen LogP contribution in [0.4, 0.5) is 0 Å². The van der Waals surface area contributed by atoms with Crippen LogP contribution in [-0.4, -0.2) is 24.7 Å². The molecule has 0 radical (unpaired) electrons. The Balaban J connectivity index is 2.93. The van der Waals surface area contributed by atoms with Crippen LogP contribution in [0.1, 0.15) is 23.2 Å². The van der Waals surface area contributed by atoms with Crippen LogP contribution in [0, 0.1) is 0 Å². The second-order valence-corrected chi connectivity index (χ2v) is 3.13. The number of carbonyl (C=O) groups excluding carboxylic acids is 1. The van der Waals surface area contributed by atoms with Crippen LogP contribution in [0.3, 0.4) is 0 Å². The summed E-state index contributed by atoms with van der Waals surface area (Å²) in [7, 11) is 1.26. The number of nitrogens with two attached hydrogens (primary N) is 1. The maximum atomic E-state index is 11.0. The molecule has 1 atom stereocenters. The standard InChI is InChI=1S/C9H13NO4/c1-9(12,5-10)7-4-3-6(14-7)8(11)13-2/h3-4,12H,5,10H2,1-2H3. The summed E-state index contributed by atoms with van der Waals surface area (Å²) in [5.41, 5.74) is 4.07. The van der Waals surface area contributed by atoms with Gasteiger partial charge in [-0.15, -0.1) is 0 Å². The van der Waals surface area contributed by atoms with Crippen molar-refractivity contribution in [3.63, 3.8) is 0 Å². The van der Waals surface area contributed by atoms with Crippen LogP contribution in [-0.2, 0) is 10.3 Å². The Morgan fingerprint density at radius 1 is 1.71 bits per heavy atom. The van der Waals surface area contributed by atoms with Gasteiger partial charge in [0.1, 0.15) is 11.4 Å². The molecule has 5 heteroatoms. The topological polar surface area (TPSA) is 85.7 Å². The Bertz CT molecular complexity index is 329. The van der Waals surface area contributed by atoms with Crippen molar-refractivity contribution in [2.24, 2.45) is 5.73 Å². The maximum absolute atomic E-state index is 11.0. The molecule has 1 unspecified atom stereocenters. The normalized spacial score (nSPS) is 14.9. The van der Waals surface area contributed by atoms with Crippen molar-refractivity contribution in [3.8, 4) is 0 Å². The first-order valence-corrected chi connectivity index (χ1v) is 4.12. The summed E-state index contributed by atoms with van der Waals surface area (Å²) in [6, 6.07) is 2.93. The first-order chi connectivity index (χ1) is 6.51. The quantitative estimate of drug-likeness (QED) is 0.681. The Morgan fingerprint density at radius 2 is 2.36 bits per heavy atom. The van der Waals surface area contributed by atoms with Crippen molar-refractivity contribution in [3.05, 3.63) is 23.7 Å². The molecule has 5 nitrogen and oxygen atoms in total. The molecule has 78 valence electrons. The van der Waals surface area contributed by atoms with E-state index in [1.54, 1.807) is 0 Å². The number of hydrogen-bond donors (Lipinski definition) is 2. The highest BCUT2D eigenvalue weighted by atomic mass is 16.5. The van der Waals surface area contributed by atoms with E-state index in [0.717, 1.165) is 0 Å². The van der Waals surface area contributed by atoms with E-state index in [9.17, 15) is 9.90 Å². The highest BCUT2D eigenvalue weighted by Gasteiger charge is 2.26. The molecule has 14 heavy (non-hydrogen) atoms. The van der Waals surface area contributed by atoms with Gasteiger partial charge in [0, 0.05) is 6.54 Å². The predicted molar refractivity (Wildman–Crippen MR) is 48.7 cm³/mol. The van der Waals surface area contributed by atoms with Crippen LogP contribution in [0.2, 0.25) is 0 Å². The van der Waals surface area contributed by atoms with Crippen molar-refractivity contribution in [2.45, 2.75) is 12.5 Å². The van der Waals surface area contributed by atoms with Gasteiger partial charge >= 0.3 is 5.97 Å². The fourth-order valence-corrected chi connectivity index (χ4v) is 0.938. The number of rotatable bonds is 3. The van der Waals surface area contributed by atoms with Gasteiger partial charge in [-0.2, -0.15) is 0 Å². The van der Waals surface area contributed by atoms with Crippen molar-refractivity contribution in [2.75, 3.05) is 13.7 Å². The first kappa shape index (κ1) is 10.7. The summed E-state index contributed by atoms with van der Waals surface area (Å²) in [4.78, 5) is 11.0. The Hall–Kier alpha value is -1.33. The van der Waals surface area contributed by atoms with Crippen LogP contribution in [0.5, 0.6) is 0 Å². The molecule has 0 bridgehead atoms. The number of ether oxygens (including phenoxy) is 1. The lowest BCUT2D eigenvalue weighted by Gasteiger charge is -2.17.